The molecule has 0 radical (unpaired) electrons. The number of anilines is 1. The molecule has 0 fully saturated rings. The van der Waals surface area contributed by atoms with Crippen molar-refractivity contribution in [1.82, 2.24) is 14.7 Å². The highest BCUT2D eigenvalue weighted by Crippen LogP contribution is 2.31. The first-order chi connectivity index (χ1) is 14.5. The molecule has 0 atom stereocenters. The van der Waals surface area contributed by atoms with Gasteiger partial charge in [0, 0.05) is 44.4 Å². The summed E-state index contributed by atoms with van der Waals surface area (Å²) in [7, 11) is 7.58. The Morgan fingerprint density at radius 3 is 2.30 bits per heavy atom. The summed E-state index contributed by atoms with van der Waals surface area (Å²) in [6.07, 6.45) is 0.875. The first-order valence-electron chi connectivity index (χ1n) is 10.2. The van der Waals surface area contributed by atoms with Crippen LogP contribution in [0, 0.1) is 0 Å². The molecule has 0 unspecified atom stereocenters. The van der Waals surface area contributed by atoms with Gasteiger partial charge in [0.25, 0.3) is 5.91 Å². The number of aromatic nitrogens is 2. The van der Waals surface area contributed by atoms with Crippen molar-refractivity contribution in [3.8, 4) is 17.0 Å². The highest BCUT2D eigenvalue weighted by atomic mass is 16.5. The number of nitrogens with zero attached hydrogens (tertiary/aromatic N) is 4. The molecule has 2 aromatic carbocycles. The van der Waals surface area contributed by atoms with Crippen molar-refractivity contribution < 1.29 is 9.53 Å². The first-order valence-corrected chi connectivity index (χ1v) is 10.2. The number of carbonyl (C=O) groups is 1. The summed E-state index contributed by atoms with van der Waals surface area (Å²) in [5.41, 5.74) is 3.65. The van der Waals surface area contributed by atoms with Crippen LogP contribution in [0.5, 0.6) is 5.75 Å². The monoisotopic (exact) mass is 406 g/mol. The number of hydrogen-bond acceptors (Lipinski definition) is 4. The summed E-state index contributed by atoms with van der Waals surface area (Å²) in [5, 5.41) is 4.79. The van der Waals surface area contributed by atoms with E-state index in [-0.39, 0.29) is 5.91 Å². The quantitative estimate of drug-likeness (QED) is 0.562. The normalized spacial score (nSPS) is 10.7. The van der Waals surface area contributed by atoms with Crippen molar-refractivity contribution in [2.45, 2.75) is 19.9 Å². The van der Waals surface area contributed by atoms with Crippen molar-refractivity contribution in [1.29, 1.82) is 0 Å². The minimum absolute atomic E-state index is 0.00655. The van der Waals surface area contributed by atoms with Crippen molar-refractivity contribution >= 4 is 11.7 Å². The molecule has 1 heterocycles. The van der Waals surface area contributed by atoms with Gasteiger partial charge >= 0.3 is 0 Å². The van der Waals surface area contributed by atoms with Crippen molar-refractivity contribution in [3.05, 3.63) is 65.7 Å². The van der Waals surface area contributed by atoms with Crippen LogP contribution < -0.4 is 9.64 Å². The van der Waals surface area contributed by atoms with Crippen LogP contribution in [0.3, 0.4) is 0 Å². The average molecular weight is 407 g/mol. The van der Waals surface area contributed by atoms with Crippen LogP contribution in [-0.4, -0.2) is 48.3 Å². The molecule has 1 amide bonds. The Balaban J connectivity index is 2.01. The lowest BCUT2D eigenvalue weighted by atomic mass is 10.1. The summed E-state index contributed by atoms with van der Waals surface area (Å²) in [4.78, 5) is 17.3. The van der Waals surface area contributed by atoms with Crippen molar-refractivity contribution in [2.75, 3.05) is 32.6 Å². The molecule has 3 rings (SSSR count). The maximum atomic E-state index is 13.3. The lowest BCUT2D eigenvalue weighted by Gasteiger charge is -2.24. The van der Waals surface area contributed by atoms with Crippen LogP contribution >= 0.6 is 0 Å². The van der Waals surface area contributed by atoms with Gasteiger partial charge in [-0.3, -0.25) is 9.48 Å². The third-order valence-corrected chi connectivity index (χ3v) is 5.05. The summed E-state index contributed by atoms with van der Waals surface area (Å²) in [5.74, 6) is 1.74. The molecule has 0 saturated heterocycles. The van der Waals surface area contributed by atoms with E-state index in [1.54, 1.807) is 7.11 Å². The van der Waals surface area contributed by atoms with Crippen LogP contribution in [-0.2, 0) is 13.6 Å². The van der Waals surface area contributed by atoms with E-state index in [9.17, 15) is 4.79 Å². The van der Waals surface area contributed by atoms with Crippen LogP contribution in [0.25, 0.3) is 11.3 Å². The minimum Gasteiger partial charge on any atom is -0.497 e. The molecule has 158 valence electrons. The molecule has 0 aliphatic heterocycles. The molecule has 0 aliphatic rings. The number of carbonyl (C=O) groups excluding carboxylic acids is 1. The Kier molecular flexibility index (Phi) is 6.77. The second-order valence-corrected chi connectivity index (χ2v) is 7.49. The Morgan fingerprint density at radius 1 is 1.07 bits per heavy atom. The highest BCUT2D eigenvalue weighted by molar-refractivity contribution is 5.94. The van der Waals surface area contributed by atoms with Gasteiger partial charge in [-0.15, -0.1) is 0 Å². The van der Waals surface area contributed by atoms with Gasteiger partial charge in [-0.05, 0) is 30.7 Å². The third kappa shape index (κ3) is 4.48. The molecule has 0 spiro atoms. The highest BCUT2D eigenvalue weighted by Gasteiger charge is 2.24. The van der Waals surface area contributed by atoms with Crippen molar-refractivity contribution in [2.24, 2.45) is 7.05 Å². The largest absolute Gasteiger partial charge is 0.497 e. The average Bonchev–Trinajstić information content (AvgIpc) is 3.09. The lowest BCUT2D eigenvalue weighted by molar-refractivity contribution is 0.0743. The summed E-state index contributed by atoms with van der Waals surface area (Å²) >= 11 is 0. The second kappa shape index (κ2) is 9.48. The number of aryl methyl sites for hydroxylation is 1. The van der Waals surface area contributed by atoms with Crippen LogP contribution in [0.2, 0.25) is 0 Å². The number of hydrogen-bond donors (Lipinski definition) is 0. The topological polar surface area (TPSA) is 50.6 Å². The molecule has 6 nitrogen and oxygen atoms in total. The molecule has 6 heteroatoms. The zero-order chi connectivity index (χ0) is 21.7. The van der Waals surface area contributed by atoms with E-state index in [1.165, 1.54) is 0 Å². The molecule has 0 saturated carbocycles. The van der Waals surface area contributed by atoms with Gasteiger partial charge in [0.05, 0.1) is 19.3 Å². The van der Waals surface area contributed by atoms with Gasteiger partial charge in [-0.1, -0.05) is 37.3 Å². The predicted molar refractivity (Wildman–Crippen MR) is 121 cm³/mol. The van der Waals surface area contributed by atoms with E-state index < -0.39 is 0 Å². The number of amides is 1. The SMILES string of the molecule is CCCN(Cc1c(-c2ccccc2)nn(C)c1N(C)C)C(=O)c1ccc(OC)cc1. The lowest BCUT2D eigenvalue weighted by Crippen LogP contribution is -2.32. The Labute approximate surface area is 178 Å². The van der Waals surface area contributed by atoms with Crippen LogP contribution in [0.1, 0.15) is 29.3 Å². The van der Waals surface area contributed by atoms with E-state index in [0.717, 1.165) is 34.8 Å². The third-order valence-electron chi connectivity index (χ3n) is 5.05. The maximum absolute atomic E-state index is 13.3. The van der Waals surface area contributed by atoms with Gasteiger partial charge in [0.2, 0.25) is 0 Å². The first kappa shape index (κ1) is 21.4. The number of rotatable bonds is 8. The molecule has 0 bridgehead atoms. The van der Waals surface area contributed by atoms with Gasteiger partial charge in [-0.2, -0.15) is 5.10 Å². The number of benzene rings is 2. The van der Waals surface area contributed by atoms with Crippen LogP contribution in [0.4, 0.5) is 5.82 Å². The van der Waals surface area contributed by atoms with Gasteiger partial charge in [0.15, 0.2) is 0 Å². The summed E-state index contributed by atoms with van der Waals surface area (Å²) in [6, 6.07) is 17.4. The van der Waals surface area contributed by atoms with Gasteiger partial charge in [0.1, 0.15) is 11.6 Å². The Morgan fingerprint density at radius 2 is 1.73 bits per heavy atom. The molecule has 30 heavy (non-hydrogen) atoms. The predicted octanol–water partition coefficient (Wildman–Crippen LogP) is 4.21. The van der Waals surface area contributed by atoms with Crippen molar-refractivity contribution in [3.63, 3.8) is 0 Å². The molecular weight excluding hydrogens is 376 g/mol. The second-order valence-electron chi connectivity index (χ2n) is 7.49. The van der Waals surface area contributed by atoms with Gasteiger partial charge in [-0.25, -0.2) is 0 Å². The zero-order valence-electron chi connectivity index (χ0n) is 18.4. The van der Waals surface area contributed by atoms with E-state index in [1.807, 2.05) is 73.2 Å². The maximum Gasteiger partial charge on any atom is 0.254 e. The van der Waals surface area contributed by atoms with Crippen LogP contribution in [0.15, 0.2) is 54.6 Å². The molecular formula is C24H30N4O2. The summed E-state index contributed by atoms with van der Waals surface area (Å²) < 4.78 is 7.11. The Hall–Kier alpha value is -3.28. The van der Waals surface area contributed by atoms with E-state index in [0.29, 0.717) is 18.7 Å². The number of methoxy groups -OCH3 is 1. The van der Waals surface area contributed by atoms with E-state index >= 15 is 0 Å². The minimum atomic E-state index is 0.00655. The fraction of sp³-hybridized carbons (Fsp3) is 0.333. The Bertz CT molecular complexity index is 978. The summed E-state index contributed by atoms with van der Waals surface area (Å²) in [6.45, 7) is 3.24. The number of ether oxygens (including phenoxy) is 1. The smallest absolute Gasteiger partial charge is 0.254 e. The molecule has 0 aliphatic carbocycles. The fourth-order valence-electron chi connectivity index (χ4n) is 3.72. The standard InChI is InChI=1S/C24H30N4O2/c1-6-16-28(24(29)19-12-14-20(30-5)15-13-19)17-21-22(18-10-8-7-9-11-18)25-27(4)23(21)26(2)3/h7-15H,6,16-17H2,1-5H3. The van der Waals surface area contributed by atoms with Gasteiger partial charge < -0.3 is 14.5 Å². The van der Waals surface area contributed by atoms with E-state index in [4.69, 9.17) is 9.84 Å². The van der Waals surface area contributed by atoms with E-state index in [2.05, 4.69) is 24.0 Å². The molecule has 3 aromatic rings. The molecule has 1 aromatic heterocycles. The molecule has 0 N–H and O–H groups in total. The zero-order valence-corrected chi connectivity index (χ0v) is 18.4. The fourth-order valence-corrected chi connectivity index (χ4v) is 3.72.